The van der Waals surface area contributed by atoms with Crippen molar-refractivity contribution in [1.82, 2.24) is 29.5 Å². The first-order valence-electron chi connectivity index (χ1n) is 17.4. The van der Waals surface area contributed by atoms with Crippen molar-refractivity contribution in [2.24, 2.45) is 10.9 Å². The third kappa shape index (κ3) is 8.23. The van der Waals surface area contributed by atoms with E-state index >= 15 is 0 Å². The number of rotatable bonds is 6. The molecule has 0 amide bonds. The van der Waals surface area contributed by atoms with Crippen LogP contribution in [0.3, 0.4) is 0 Å². The van der Waals surface area contributed by atoms with E-state index in [9.17, 15) is 26.3 Å². The second-order valence-electron chi connectivity index (χ2n) is 13.1. The van der Waals surface area contributed by atoms with E-state index in [2.05, 4.69) is 25.3 Å². The summed E-state index contributed by atoms with van der Waals surface area (Å²) in [4.78, 5) is 7.45. The van der Waals surface area contributed by atoms with Crippen molar-refractivity contribution in [3.63, 3.8) is 0 Å². The number of nitrogens with two attached hydrogens (primary N) is 1. The lowest BCUT2D eigenvalue weighted by Gasteiger charge is -2.10. The molecule has 57 heavy (non-hydrogen) atoms. The van der Waals surface area contributed by atoms with Crippen molar-refractivity contribution in [3.05, 3.63) is 156 Å². The first-order chi connectivity index (χ1) is 27.2. The number of pyridine rings is 2. The topological polar surface area (TPSA) is 120 Å². The van der Waals surface area contributed by atoms with Gasteiger partial charge in [0.1, 0.15) is 11.4 Å². The Morgan fingerprint density at radius 1 is 0.614 bits per heavy atom. The first kappa shape index (κ1) is 38.4. The van der Waals surface area contributed by atoms with Crippen LogP contribution in [0.15, 0.2) is 139 Å². The number of nitrogens with zero attached hydrogens (tertiary/aromatic N) is 7. The molecule has 3 N–H and O–H groups in total. The van der Waals surface area contributed by atoms with Crippen LogP contribution in [0.5, 0.6) is 0 Å². The highest BCUT2D eigenvalue weighted by molar-refractivity contribution is 5.99. The lowest BCUT2D eigenvalue weighted by Crippen LogP contribution is -2.10. The fraction of sp³-hybridized carbons (Fsp3) is 0.119. The Balaban J connectivity index is 0.000000174. The number of hydrogen-bond acceptors (Lipinski definition) is 7. The van der Waals surface area contributed by atoms with Crippen LogP contribution in [0.4, 0.5) is 26.3 Å². The second-order valence-corrected chi connectivity index (χ2v) is 13.1. The van der Waals surface area contributed by atoms with Gasteiger partial charge >= 0.3 is 12.4 Å². The summed E-state index contributed by atoms with van der Waals surface area (Å²) in [5.74, 6) is 0.204. The highest BCUT2D eigenvalue weighted by Crippen LogP contribution is 2.32. The molecule has 0 fully saturated rings. The lowest BCUT2D eigenvalue weighted by atomic mass is 10.00. The molecule has 9 nitrogen and oxygen atoms in total. The van der Waals surface area contributed by atoms with Crippen molar-refractivity contribution >= 4 is 27.5 Å². The molecule has 0 radical (unpaired) electrons. The Bertz CT molecular complexity index is 2750. The molecule has 0 bridgehead atoms. The normalized spacial score (nSPS) is 12.8. The zero-order valence-corrected chi connectivity index (χ0v) is 30.2. The van der Waals surface area contributed by atoms with E-state index < -0.39 is 23.7 Å². The van der Waals surface area contributed by atoms with Gasteiger partial charge in [0, 0.05) is 16.8 Å². The summed E-state index contributed by atoms with van der Waals surface area (Å²) >= 11 is 0. The average Bonchev–Trinajstić information content (AvgIpc) is 3.84. The van der Waals surface area contributed by atoms with Gasteiger partial charge in [0.15, 0.2) is 11.6 Å². The number of fused-ring (bicyclic) bond motifs is 2. The van der Waals surface area contributed by atoms with Crippen LogP contribution in [0.1, 0.15) is 42.4 Å². The summed E-state index contributed by atoms with van der Waals surface area (Å²) < 4.78 is 80.9. The molecular formula is C42H32F6N8O. The number of hydrogen-bond donors (Lipinski definition) is 2. The van der Waals surface area contributed by atoms with Gasteiger partial charge in [-0.15, -0.1) is 0 Å². The minimum atomic E-state index is -4.53. The van der Waals surface area contributed by atoms with E-state index in [1.165, 1.54) is 33.6 Å². The van der Waals surface area contributed by atoms with E-state index in [0.717, 1.165) is 56.3 Å². The Kier molecular flexibility index (Phi) is 10.3. The summed E-state index contributed by atoms with van der Waals surface area (Å²) in [6, 6.07) is 34.0. The van der Waals surface area contributed by atoms with Crippen LogP contribution in [-0.2, 0) is 12.4 Å². The smallest absolute Gasteiger partial charge is 0.411 e. The van der Waals surface area contributed by atoms with E-state index in [4.69, 9.17) is 10.9 Å². The molecule has 288 valence electrons. The zero-order chi connectivity index (χ0) is 40.5. The predicted molar refractivity (Wildman–Crippen MR) is 205 cm³/mol. The molecule has 1 atom stereocenters. The molecule has 0 saturated carbocycles. The van der Waals surface area contributed by atoms with Crippen LogP contribution in [0.25, 0.3) is 55.7 Å². The number of halogens is 6. The van der Waals surface area contributed by atoms with Crippen molar-refractivity contribution in [1.29, 1.82) is 0 Å². The Labute approximate surface area is 321 Å². The van der Waals surface area contributed by atoms with Gasteiger partial charge in [0.2, 0.25) is 0 Å². The summed E-state index contributed by atoms with van der Waals surface area (Å²) in [5.41, 5.74) is 11.2. The van der Waals surface area contributed by atoms with E-state index in [1.807, 2.05) is 91.9 Å². The maximum Gasteiger partial charge on any atom is 0.433 e. The molecule has 8 aromatic rings. The average molecular weight is 779 g/mol. The largest absolute Gasteiger partial charge is 0.433 e. The van der Waals surface area contributed by atoms with Crippen LogP contribution in [0, 0.1) is 0 Å². The van der Waals surface area contributed by atoms with E-state index in [1.54, 1.807) is 19.3 Å². The minimum absolute atomic E-state index is 0.0870. The highest BCUT2D eigenvalue weighted by atomic mass is 19.4. The molecule has 8 rings (SSSR count). The van der Waals surface area contributed by atoms with Gasteiger partial charge in [0.25, 0.3) is 0 Å². The third-order valence-corrected chi connectivity index (χ3v) is 9.13. The van der Waals surface area contributed by atoms with Gasteiger partial charge in [-0.25, -0.2) is 19.3 Å². The Morgan fingerprint density at radius 3 is 1.54 bits per heavy atom. The molecule has 4 heterocycles. The van der Waals surface area contributed by atoms with Gasteiger partial charge in [0.05, 0.1) is 29.1 Å². The Morgan fingerprint density at radius 2 is 1.07 bits per heavy atom. The number of aromatic nitrogens is 6. The summed E-state index contributed by atoms with van der Waals surface area (Å²) in [6.45, 7) is 3.60. The molecule has 0 aliphatic carbocycles. The summed E-state index contributed by atoms with van der Waals surface area (Å²) in [5, 5.41) is 22.3. The third-order valence-electron chi connectivity index (χ3n) is 9.13. The molecule has 1 unspecified atom stereocenters. The second kappa shape index (κ2) is 15.3. The first-order valence-corrected chi connectivity index (χ1v) is 17.4. The monoisotopic (exact) mass is 778 g/mol. The molecular weight excluding hydrogens is 747 g/mol. The van der Waals surface area contributed by atoms with Crippen LogP contribution in [0.2, 0.25) is 0 Å². The fourth-order valence-electron chi connectivity index (χ4n) is 6.14. The summed E-state index contributed by atoms with van der Waals surface area (Å²) in [6.07, 6.45) is -5.85. The molecule has 15 heteroatoms. The standard InChI is InChI=1S/C21H15F3N4O.C21H17F3N4/c1-13(27-29)14-4-2-5-15(10-14)16-8-9-17-12-25-28(18(17)11-16)20-7-3-6-19(26-20)21(22,23)24;1-13(25)14-4-2-5-15(10-14)16-8-9-17-12-26-28(18(17)11-16)20-7-3-6-19(27-20)21(22,23)24/h2-12,29H,1H3;2-13H,25H2,1H3/b27-13-;. The minimum Gasteiger partial charge on any atom is -0.411 e. The molecule has 0 saturated heterocycles. The molecule has 0 aliphatic heterocycles. The fourth-order valence-corrected chi connectivity index (χ4v) is 6.14. The van der Waals surface area contributed by atoms with Crippen molar-refractivity contribution in [3.8, 4) is 33.9 Å². The quantitative estimate of drug-likeness (QED) is 0.0751. The summed E-state index contributed by atoms with van der Waals surface area (Å²) in [7, 11) is 0. The van der Waals surface area contributed by atoms with Crippen LogP contribution < -0.4 is 5.73 Å². The zero-order valence-electron chi connectivity index (χ0n) is 30.2. The molecule has 4 aromatic carbocycles. The van der Waals surface area contributed by atoms with E-state index in [-0.39, 0.29) is 17.7 Å². The van der Waals surface area contributed by atoms with Gasteiger partial charge in [-0.3, -0.25) is 0 Å². The van der Waals surface area contributed by atoms with Crippen LogP contribution >= 0.6 is 0 Å². The Hall–Kier alpha value is -6.87. The molecule has 4 aromatic heterocycles. The van der Waals surface area contributed by atoms with Gasteiger partial charge in [-0.2, -0.15) is 36.5 Å². The van der Waals surface area contributed by atoms with Crippen molar-refractivity contribution in [2.75, 3.05) is 0 Å². The number of benzene rings is 4. The van der Waals surface area contributed by atoms with Gasteiger partial charge in [-0.1, -0.05) is 78.0 Å². The van der Waals surface area contributed by atoms with Crippen LogP contribution in [-0.4, -0.2) is 40.4 Å². The van der Waals surface area contributed by atoms with Gasteiger partial charge in [-0.05, 0) is 95.8 Å². The van der Waals surface area contributed by atoms with E-state index in [0.29, 0.717) is 16.7 Å². The van der Waals surface area contributed by atoms with Crippen molar-refractivity contribution < 1.29 is 31.5 Å². The SMILES string of the molecule is C/C(=N/O)c1cccc(-c2ccc3cnn(-c4cccc(C(F)(F)F)n4)c3c2)c1.CC(N)c1cccc(-c2ccc3cnn(-c4cccc(C(F)(F)F)n4)c3c2)c1. The maximum absolute atomic E-state index is 13.0. The number of oxime groups is 1. The molecule has 0 aliphatic rings. The lowest BCUT2D eigenvalue weighted by molar-refractivity contribution is -0.141. The highest BCUT2D eigenvalue weighted by Gasteiger charge is 2.33. The predicted octanol–water partition coefficient (Wildman–Crippen LogP) is 10.4. The maximum atomic E-state index is 13.0. The van der Waals surface area contributed by atoms with Crippen molar-refractivity contribution in [2.45, 2.75) is 32.2 Å². The molecule has 0 spiro atoms. The number of alkyl halides is 6. The van der Waals surface area contributed by atoms with Gasteiger partial charge < -0.3 is 10.9 Å².